The molecule has 0 spiro atoms. The maximum atomic E-state index is 11.9. The van der Waals surface area contributed by atoms with Crippen LogP contribution in [0.2, 0.25) is 0 Å². The van der Waals surface area contributed by atoms with E-state index in [-0.39, 0.29) is 11.9 Å². The number of aryl methyl sites for hydroxylation is 1. The highest BCUT2D eigenvalue weighted by molar-refractivity contribution is 5.95. The lowest BCUT2D eigenvalue weighted by atomic mass is 10.2. The summed E-state index contributed by atoms with van der Waals surface area (Å²) in [5.41, 5.74) is 7.65. The monoisotopic (exact) mass is 260 g/mol. The quantitative estimate of drug-likeness (QED) is 0.793. The van der Waals surface area contributed by atoms with Gasteiger partial charge in [0.05, 0.1) is 11.3 Å². The number of nitrogen functional groups attached to an aromatic ring is 1. The van der Waals surface area contributed by atoms with Gasteiger partial charge in [-0.1, -0.05) is 30.7 Å². The van der Waals surface area contributed by atoms with E-state index >= 15 is 0 Å². The molecule has 3 N–H and O–H groups in total. The van der Waals surface area contributed by atoms with Gasteiger partial charge < -0.3 is 11.1 Å². The van der Waals surface area contributed by atoms with E-state index in [9.17, 15) is 4.79 Å². The van der Waals surface area contributed by atoms with Gasteiger partial charge >= 0.3 is 0 Å². The highest BCUT2D eigenvalue weighted by Crippen LogP contribution is 2.04. The molecule has 0 atom stereocenters. The molecule has 102 valence electrons. The fourth-order valence-electron chi connectivity index (χ4n) is 1.59. The molecule has 1 heterocycles. The molecule has 5 heteroatoms. The molecule has 1 aromatic rings. The van der Waals surface area contributed by atoms with Crippen LogP contribution in [0.5, 0.6) is 0 Å². The van der Waals surface area contributed by atoms with Crippen molar-refractivity contribution in [3.05, 3.63) is 41.3 Å². The number of nitrogens with zero attached hydrogens (tertiary/aromatic N) is 2. The zero-order chi connectivity index (χ0) is 14.3. The SMILES string of the molecule is CCC=C(C)C=CCNC(=O)c1cnc(N)nc1C. The first-order chi connectivity index (χ1) is 9.04. The first kappa shape index (κ1) is 14.9. The molecule has 0 bridgehead atoms. The van der Waals surface area contributed by atoms with Crippen LogP contribution in [0.1, 0.15) is 36.3 Å². The van der Waals surface area contributed by atoms with Crippen molar-refractivity contribution in [2.45, 2.75) is 27.2 Å². The highest BCUT2D eigenvalue weighted by Gasteiger charge is 2.09. The zero-order valence-electron chi connectivity index (χ0n) is 11.6. The lowest BCUT2D eigenvalue weighted by Crippen LogP contribution is -2.24. The number of carbonyl (C=O) groups is 1. The molecule has 0 fully saturated rings. The Balaban J connectivity index is 2.54. The number of aromatic nitrogens is 2. The number of carbonyl (C=O) groups excluding carboxylic acids is 1. The van der Waals surface area contributed by atoms with Gasteiger partial charge in [-0.3, -0.25) is 4.79 Å². The first-order valence-corrected chi connectivity index (χ1v) is 6.25. The summed E-state index contributed by atoms with van der Waals surface area (Å²) in [6, 6.07) is 0. The van der Waals surface area contributed by atoms with Crippen LogP contribution in [-0.2, 0) is 0 Å². The van der Waals surface area contributed by atoms with Crippen molar-refractivity contribution < 1.29 is 4.79 Å². The van der Waals surface area contributed by atoms with E-state index in [0.29, 0.717) is 17.8 Å². The molecule has 1 rings (SSSR count). The van der Waals surface area contributed by atoms with Crippen molar-refractivity contribution in [2.75, 3.05) is 12.3 Å². The summed E-state index contributed by atoms with van der Waals surface area (Å²) in [7, 11) is 0. The molecule has 0 aliphatic carbocycles. The Morgan fingerprint density at radius 3 is 2.89 bits per heavy atom. The van der Waals surface area contributed by atoms with E-state index in [0.717, 1.165) is 6.42 Å². The van der Waals surface area contributed by atoms with Crippen molar-refractivity contribution in [1.29, 1.82) is 0 Å². The van der Waals surface area contributed by atoms with Gasteiger partial charge in [-0.25, -0.2) is 9.97 Å². The average molecular weight is 260 g/mol. The van der Waals surface area contributed by atoms with Crippen LogP contribution in [0.15, 0.2) is 30.0 Å². The van der Waals surface area contributed by atoms with Crippen molar-refractivity contribution in [3.63, 3.8) is 0 Å². The van der Waals surface area contributed by atoms with Crippen molar-refractivity contribution in [2.24, 2.45) is 0 Å². The normalized spacial score (nSPS) is 11.8. The number of anilines is 1. The summed E-state index contributed by atoms with van der Waals surface area (Å²) in [6.07, 6.45) is 8.46. The largest absolute Gasteiger partial charge is 0.368 e. The second-order valence-electron chi connectivity index (χ2n) is 4.20. The number of rotatable bonds is 5. The maximum Gasteiger partial charge on any atom is 0.254 e. The molecule has 0 aliphatic rings. The van der Waals surface area contributed by atoms with E-state index in [2.05, 4.69) is 28.3 Å². The van der Waals surface area contributed by atoms with E-state index in [1.54, 1.807) is 6.92 Å². The Bertz CT molecular complexity index is 506. The molecule has 0 saturated heterocycles. The maximum absolute atomic E-state index is 11.9. The lowest BCUT2D eigenvalue weighted by Gasteiger charge is -2.05. The van der Waals surface area contributed by atoms with Crippen LogP contribution in [0.3, 0.4) is 0 Å². The number of hydrogen-bond acceptors (Lipinski definition) is 4. The minimum atomic E-state index is -0.195. The van der Waals surface area contributed by atoms with Gasteiger partial charge in [-0.15, -0.1) is 0 Å². The molecule has 0 radical (unpaired) electrons. The molecule has 0 saturated carbocycles. The van der Waals surface area contributed by atoms with Gasteiger partial charge in [-0.05, 0) is 20.3 Å². The van der Waals surface area contributed by atoms with Crippen LogP contribution < -0.4 is 11.1 Å². The Labute approximate surface area is 113 Å². The minimum Gasteiger partial charge on any atom is -0.368 e. The highest BCUT2D eigenvalue weighted by atomic mass is 16.1. The third-order valence-corrected chi connectivity index (χ3v) is 2.53. The van der Waals surface area contributed by atoms with E-state index < -0.39 is 0 Å². The summed E-state index contributed by atoms with van der Waals surface area (Å²) in [6.45, 7) is 6.32. The van der Waals surface area contributed by atoms with E-state index in [1.807, 2.05) is 19.1 Å². The van der Waals surface area contributed by atoms with Crippen LogP contribution in [0.25, 0.3) is 0 Å². The van der Waals surface area contributed by atoms with Crippen molar-refractivity contribution >= 4 is 11.9 Å². The fourth-order valence-corrected chi connectivity index (χ4v) is 1.59. The second kappa shape index (κ2) is 7.31. The van der Waals surface area contributed by atoms with Crippen molar-refractivity contribution in [3.8, 4) is 0 Å². The molecule has 19 heavy (non-hydrogen) atoms. The Hall–Kier alpha value is -2.17. The number of nitrogens with two attached hydrogens (primary N) is 1. The zero-order valence-corrected chi connectivity index (χ0v) is 11.6. The first-order valence-electron chi connectivity index (χ1n) is 6.25. The third-order valence-electron chi connectivity index (χ3n) is 2.53. The number of amides is 1. The van der Waals surface area contributed by atoms with Gasteiger partial charge in [-0.2, -0.15) is 0 Å². The standard InChI is InChI=1S/C14H20N4O/c1-4-6-10(2)7-5-8-16-13(19)12-9-17-14(15)18-11(12)3/h5-7,9H,4,8H2,1-3H3,(H,16,19)(H2,15,17,18). The predicted octanol–water partition coefficient (Wildman–Crippen LogP) is 2.01. The second-order valence-corrected chi connectivity index (χ2v) is 4.20. The average Bonchev–Trinajstić information content (AvgIpc) is 2.34. The molecule has 0 unspecified atom stereocenters. The molecule has 0 aliphatic heterocycles. The summed E-state index contributed by atoms with van der Waals surface area (Å²) in [5.74, 6) is -0.0199. The van der Waals surface area contributed by atoms with Crippen molar-refractivity contribution in [1.82, 2.24) is 15.3 Å². The van der Waals surface area contributed by atoms with Gasteiger partial charge in [0.15, 0.2) is 0 Å². The minimum absolute atomic E-state index is 0.175. The molecular formula is C14H20N4O. The molecule has 1 amide bonds. The fraction of sp³-hybridized carbons (Fsp3) is 0.357. The predicted molar refractivity (Wildman–Crippen MR) is 76.7 cm³/mol. The third kappa shape index (κ3) is 4.91. The van der Waals surface area contributed by atoms with E-state index in [4.69, 9.17) is 5.73 Å². The summed E-state index contributed by atoms with van der Waals surface area (Å²) in [5, 5.41) is 2.78. The van der Waals surface area contributed by atoms with Crippen LogP contribution in [0, 0.1) is 6.92 Å². The Morgan fingerprint density at radius 1 is 1.53 bits per heavy atom. The van der Waals surface area contributed by atoms with Crippen LogP contribution >= 0.6 is 0 Å². The summed E-state index contributed by atoms with van der Waals surface area (Å²) >= 11 is 0. The lowest BCUT2D eigenvalue weighted by molar-refractivity contribution is 0.0956. The molecular weight excluding hydrogens is 240 g/mol. The number of hydrogen-bond donors (Lipinski definition) is 2. The van der Waals surface area contributed by atoms with Crippen LogP contribution in [-0.4, -0.2) is 22.4 Å². The van der Waals surface area contributed by atoms with Gasteiger partial charge in [0.2, 0.25) is 5.95 Å². The Morgan fingerprint density at radius 2 is 2.26 bits per heavy atom. The Kier molecular flexibility index (Phi) is 5.73. The molecule has 5 nitrogen and oxygen atoms in total. The summed E-state index contributed by atoms with van der Waals surface area (Å²) in [4.78, 5) is 19.6. The van der Waals surface area contributed by atoms with Crippen LogP contribution in [0.4, 0.5) is 5.95 Å². The molecule has 1 aromatic heterocycles. The van der Waals surface area contributed by atoms with E-state index in [1.165, 1.54) is 11.8 Å². The summed E-state index contributed by atoms with van der Waals surface area (Å²) < 4.78 is 0. The topological polar surface area (TPSA) is 80.9 Å². The molecule has 0 aromatic carbocycles. The van der Waals surface area contributed by atoms with Gasteiger partial charge in [0.1, 0.15) is 0 Å². The smallest absolute Gasteiger partial charge is 0.254 e. The van der Waals surface area contributed by atoms with Gasteiger partial charge in [0.25, 0.3) is 5.91 Å². The number of allylic oxidation sites excluding steroid dienone is 3. The number of nitrogens with one attached hydrogen (secondary N) is 1. The van der Waals surface area contributed by atoms with Gasteiger partial charge in [0, 0.05) is 12.7 Å².